The fourth-order valence-corrected chi connectivity index (χ4v) is 4.89. The molecular weight excluding hydrogens is 436 g/mol. The van der Waals surface area contributed by atoms with Gasteiger partial charge in [-0.3, -0.25) is 9.69 Å². The first-order valence-electron chi connectivity index (χ1n) is 9.88. The van der Waals surface area contributed by atoms with E-state index in [0.29, 0.717) is 30.6 Å². The normalized spacial score (nSPS) is 22.6. The number of piperazine rings is 1. The van der Waals surface area contributed by atoms with Gasteiger partial charge in [-0.05, 0) is 48.6 Å². The van der Waals surface area contributed by atoms with E-state index in [2.05, 4.69) is 17.0 Å². The zero-order valence-electron chi connectivity index (χ0n) is 16.1. The van der Waals surface area contributed by atoms with Crippen LogP contribution in [0.1, 0.15) is 40.2 Å². The van der Waals surface area contributed by atoms with Crippen LogP contribution in [0.4, 0.5) is 13.2 Å². The fourth-order valence-electron chi connectivity index (χ4n) is 4.45. The zero-order valence-corrected chi connectivity index (χ0v) is 17.6. The first kappa shape index (κ1) is 21.5. The van der Waals surface area contributed by atoms with Crippen LogP contribution in [0.25, 0.3) is 0 Å². The van der Waals surface area contributed by atoms with Crippen molar-refractivity contribution in [3.05, 3.63) is 69.2 Å². The van der Waals surface area contributed by atoms with E-state index >= 15 is 0 Å². The Balaban J connectivity index is 1.44. The molecule has 4 rings (SSSR count). The lowest BCUT2D eigenvalue weighted by atomic mass is 9.86. The number of piperidine rings is 1. The Labute approximate surface area is 183 Å². The maximum atomic E-state index is 13.1. The number of carbonyl (C=O) groups excluding carboxylic acids is 1. The summed E-state index contributed by atoms with van der Waals surface area (Å²) in [7, 11) is 0. The third kappa shape index (κ3) is 4.32. The number of carbonyl (C=O) groups is 1. The highest BCUT2D eigenvalue weighted by atomic mass is 35.5. The summed E-state index contributed by atoms with van der Waals surface area (Å²) < 4.78 is 39.4. The second kappa shape index (κ2) is 8.40. The van der Waals surface area contributed by atoms with Crippen LogP contribution in [0.2, 0.25) is 10.0 Å². The lowest BCUT2D eigenvalue weighted by molar-refractivity contribution is -0.137. The van der Waals surface area contributed by atoms with Crippen LogP contribution < -0.4 is 0 Å². The molecule has 0 unspecified atom stereocenters. The van der Waals surface area contributed by atoms with Gasteiger partial charge in [0.25, 0.3) is 5.91 Å². The lowest BCUT2D eigenvalue weighted by Crippen LogP contribution is -2.57. The first-order chi connectivity index (χ1) is 14.2. The van der Waals surface area contributed by atoms with E-state index < -0.39 is 22.7 Å². The Morgan fingerprint density at radius 2 is 1.70 bits per heavy atom. The summed E-state index contributed by atoms with van der Waals surface area (Å²) in [4.78, 5) is 16.9. The first-order valence-corrected chi connectivity index (χ1v) is 10.6. The number of amides is 1. The summed E-state index contributed by atoms with van der Waals surface area (Å²) >= 11 is 11.9. The molecule has 2 atom stereocenters. The highest BCUT2D eigenvalue weighted by Crippen LogP contribution is 2.37. The summed E-state index contributed by atoms with van der Waals surface area (Å²) in [6, 6.07) is 11.6. The smallest absolute Gasteiger partial charge is 0.336 e. The molecule has 2 aromatic rings. The number of nitrogens with zero attached hydrogens (tertiary/aromatic N) is 2. The fraction of sp³-hybridized carbons (Fsp3) is 0.409. The van der Waals surface area contributed by atoms with Crippen LogP contribution in [0.15, 0.2) is 42.5 Å². The SMILES string of the molecule is O=C(c1cccc(C(F)(F)F)c1Cl)N1CCN2C[C@@H](c3ccc(Cl)cc3)CC[C@@H]2C1. The largest absolute Gasteiger partial charge is 0.417 e. The monoisotopic (exact) mass is 456 g/mol. The molecule has 2 aliphatic heterocycles. The quantitative estimate of drug-likeness (QED) is 0.577. The van der Waals surface area contributed by atoms with Gasteiger partial charge in [0.15, 0.2) is 0 Å². The van der Waals surface area contributed by atoms with Crippen molar-refractivity contribution >= 4 is 29.1 Å². The Bertz CT molecular complexity index is 933. The topological polar surface area (TPSA) is 23.6 Å². The Kier molecular flexibility index (Phi) is 6.02. The Morgan fingerprint density at radius 1 is 0.967 bits per heavy atom. The molecule has 0 bridgehead atoms. The number of hydrogen-bond donors (Lipinski definition) is 0. The van der Waals surface area contributed by atoms with Gasteiger partial charge in [0.1, 0.15) is 0 Å². The minimum absolute atomic E-state index is 0.0882. The van der Waals surface area contributed by atoms with Crippen molar-refractivity contribution in [2.24, 2.45) is 0 Å². The molecule has 2 aliphatic rings. The molecule has 1 amide bonds. The maximum Gasteiger partial charge on any atom is 0.417 e. The van der Waals surface area contributed by atoms with Gasteiger partial charge >= 0.3 is 6.18 Å². The summed E-state index contributed by atoms with van der Waals surface area (Å²) in [5, 5.41) is 0.191. The van der Waals surface area contributed by atoms with Crippen molar-refractivity contribution in [3.63, 3.8) is 0 Å². The van der Waals surface area contributed by atoms with Crippen molar-refractivity contribution in [1.82, 2.24) is 9.80 Å². The molecule has 2 fully saturated rings. The summed E-state index contributed by atoms with van der Waals surface area (Å²) in [6.45, 7) is 2.56. The van der Waals surface area contributed by atoms with E-state index in [9.17, 15) is 18.0 Å². The zero-order chi connectivity index (χ0) is 21.5. The standard InChI is InChI=1S/C22H21Cl2F3N2O/c23-16-7-4-14(5-8-16)15-6-9-17-13-29(11-10-28(17)12-15)21(30)18-2-1-3-19(20(18)24)22(25,26)27/h1-5,7-8,15,17H,6,9-13H2/t15-,17+/m0/s1. The number of benzene rings is 2. The molecular formula is C22H21Cl2F3N2O. The van der Waals surface area contributed by atoms with Crippen LogP contribution >= 0.6 is 23.2 Å². The van der Waals surface area contributed by atoms with Gasteiger partial charge in [-0.25, -0.2) is 0 Å². The summed E-state index contributed by atoms with van der Waals surface area (Å²) in [5.74, 6) is -0.0238. The maximum absolute atomic E-state index is 13.1. The molecule has 0 aliphatic carbocycles. The summed E-state index contributed by atoms with van der Waals surface area (Å²) in [5.41, 5.74) is 0.194. The highest BCUT2D eigenvalue weighted by Gasteiger charge is 2.38. The molecule has 2 heterocycles. The van der Waals surface area contributed by atoms with Crippen LogP contribution in [-0.2, 0) is 6.18 Å². The highest BCUT2D eigenvalue weighted by molar-refractivity contribution is 6.34. The van der Waals surface area contributed by atoms with Crippen LogP contribution in [0, 0.1) is 0 Å². The second-order valence-electron chi connectivity index (χ2n) is 7.89. The van der Waals surface area contributed by atoms with Crippen LogP contribution in [-0.4, -0.2) is 47.9 Å². The van der Waals surface area contributed by atoms with Crippen LogP contribution in [0.5, 0.6) is 0 Å². The molecule has 2 saturated heterocycles. The van der Waals surface area contributed by atoms with Crippen molar-refractivity contribution in [2.45, 2.75) is 31.0 Å². The third-order valence-electron chi connectivity index (χ3n) is 6.07. The van der Waals surface area contributed by atoms with Gasteiger partial charge in [0.2, 0.25) is 0 Å². The van der Waals surface area contributed by atoms with Gasteiger partial charge in [-0.15, -0.1) is 0 Å². The predicted molar refractivity (Wildman–Crippen MR) is 111 cm³/mol. The second-order valence-corrected chi connectivity index (χ2v) is 8.71. The van der Waals surface area contributed by atoms with Gasteiger partial charge < -0.3 is 4.90 Å². The molecule has 160 valence electrons. The van der Waals surface area contributed by atoms with Gasteiger partial charge in [0, 0.05) is 37.2 Å². The molecule has 0 N–H and O–H groups in total. The minimum atomic E-state index is -4.59. The third-order valence-corrected chi connectivity index (χ3v) is 6.73. The average Bonchev–Trinajstić information content (AvgIpc) is 2.72. The van der Waals surface area contributed by atoms with Gasteiger partial charge in [0.05, 0.1) is 16.1 Å². The van der Waals surface area contributed by atoms with Gasteiger partial charge in [-0.2, -0.15) is 13.2 Å². The number of halogens is 5. The average molecular weight is 457 g/mol. The predicted octanol–water partition coefficient (Wildman–Crippen LogP) is 5.72. The molecule has 3 nitrogen and oxygen atoms in total. The lowest BCUT2D eigenvalue weighted by Gasteiger charge is -2.46. The van der Waals surface area contributed by atoms with E-state index in [0.717, 1.165) is 25.5 Å². The van der Waals surface area contributed by atoms with E-state index in [4.69, 9.17) is 23.2 Å². The number of rotatable bonds is 2. The molecule has 0 aromatic heterocycles. The summed E-state index contributed by atoms with van der Waals surface area (Å²) in [6.07, 6.45) is -2.67. The number of hydrogen-bond acceptors (Lipinski definition) is 2. The van der Waals surface area contributed by atoms with E-state index in [1.807, 2.05) is 12.1 Å². The van der Waals surface area contributed by atoms with Crippen molar-refractivity contribution in [2.75, 3.05) is 26.2 Å². The number of alkyl halides is 3. The Hall–Kier alpha value is -1.76. The molecule has 2 aromatic carbocycles. The van der Waals surface area contributed by atoms with E-state index in [-0.39, 0.29) is 11.6 Å². The van der Waals surface area contributed by atoms with E-state index in [1.54, 1.807) is 4.90 Å². The minimum Gasteiger partial charge on any atom is -0.336 e. The van der Waals surface area contributed by atoms with Crippen molar-refractivity contribution < 1.29 is 18.0 Å². The van der Waals surface area contributed by atoms with Crippen molar-refractivity contribution in [3.8, 4) is 0 Å². The molecule has 0 spiro atoms. The molecule has 30 heavy (non-hydrogen) atoms. The van der Waals surface area contributed by atoms with Crippen molar-refractivity contribution in [1.29, 1.82) is 0 Å². The van der Waals surface area contributed by atoms with Gasteiger partial charge in [-0.1, -0.05) is 41.4 Å². The molecule has 0 saturated carbocycles. The molecule has 8 heteroatoms. The van der Waals surface area contributed by atoms with Crippen LogP contribution in [0.3, 0.4) is 0 Å². The number of fused-ring (bicyclic) bond motifs is 1. The van der Waals surface area contributed by atoms with E-state index in [1.165, 1.54) is 17.7 Å². The molecule has 0 radical (unpaired) electrons. The Morgan fingerprint density at radius 3 is 2.40 bits per heavy atom.